The average Bonchev–Trinajstić information content (AvgIpc) is 2.38. The van der Waals surface area contributed by atoms with Gasteiger partial charge in [0.05, 0.1) is 13.2 Å². The predicted octanol–water partition coefficient (Wildman–Crippen LogP) is 3.42. The Morgan fingerprint density at radius 1 is 1.32 bits per heavy atom. The largest absolute Gasteiger partial charge is 0.379 e. The van der Waals surface area contributed by atoms with Gasteiger partial charge >= 0.3 is 0 Å². The van der Waals surface area contributed by atoms with Crippen molar-refractivity contribution in [3.05, 3.63) is 33.8 Å². The minimum Gasteiger partial charge on any atom is -0.379 e. The molecule has 2 fully saturated rings. The maximum atomic E-state index is 5.60. The summed E-state index contributed by atoms with van der Waals surface area (Å²) in [5.41, 5.74) is 3.17. The van der Waals surface area contributed by atoms with Crippen LogP contribution in [-0.2, 0) is 10.2 Å². The second-order valence-corrected chi connectivity index (χ2v) is 7.05. The normalized spacial score (nSPS) is 23.1. The van der Waals surface area contributed by atoms with Crippen molar-refractivity contribution < 1.29 is 4.74 Å². The number of aryl methyl sites for hydroxylation is 1. The molecule has 3 rings (SSSR count). The van der Waals surface area contributed by atoms with Gasteiger partial charge in [-0.15, -0.1) is 0 Å². The summed E-state index contributed by atoms with van der Waals surface area (Å²) in [6, 6.07) is 6.66. The van der Waals surface area contributed by atoms with Gasteiger partial charge in [0.1, 0.15) is 0 Å². The topological polar surface area (TPSA) is 21.3 Å². The van der Waals surface area contributed by atoms with Gasteiger partial charge in [-0.3, -0.25) is 0 Å². The standard InChI is InChI=1S/C16H22BrNO/c1-12-2-3-14(17)8-15(12)16(10-19-11-16)9-13-4-6-18-7-5-13/h2-3,8,13,18H,4-7,9-11H2,1H3. The molecule has 19 heavy (non-hydrogen) atoms. The third kappa shape index (κ3) is 2.74. The minimum atomic E-state index is 0.274. The van der Waals surface area contributed by atoms with Crippen molar-refractivity contribution in [3.63, 3.8) is 0 Å². The van der Waals surface area contributed by atoms with E-state index < -0.39 is 0 Å². The van der Waals surface area contributed by atoms with Gasteiger partial charge in [-0.1, -0.05) is 22.0 Å². The monoisotopic (exact) mass is 323 g/mol. The van der Waals surface area contributed by atoms with Crippen LogP contribution in [0.15, 0.2) is 22.7 Å². The summed E-state index contributed by atoms with van der Waals surface area (Å²) in [7, 11) is 0. The molecule has 0 aromatic heterocycles. The lowest BCUT2D eigenvalue weighted by Gasteiger charge is -2.45. The van der Waals surface area contributed by atoms with Crippen LogP contribution in [-0.4, -0.2) is 26.3 Å². The van der Waals surface area contributed by atoms with Crippen molar-refractivity contribution in [2.45, 2.75) is 31.6 Å². The molecule has 2 heterocycles. The third-order valence-corrected chi connectivity index (χ3v) is 5.16. The van der Waals surface area contributed by atoms with E-state index >= 15 is 0 Å². The Labute approximate surface area is 124 Å². The first-order valence-corrected chi connectivity index (χ1v) is 8.04. The number of benzene rings is 1. The lowest BCUT2D eigenvalue weighted by atomic mass is 9.69. The summed E-state index contributed by atoms with van der Waals surface area (Å²) in [4.78, 5) is 0. The first-order chi connectivity index (χ1) is 9.20. The Morgan fingerprint density at radius 2 is 2.05 bits per heavy atom. The smallest absolute Gasteiger partial charge is 0.0585 e. The first kappa shape index (κ1) is 13.6. The summed E-state index contributed by atoms with van der Waals surface area (Å²) >= 11 is 3.62. The van der Waals surface area contributed by atoms with Crippen LogP contribution < -0.4 is 5.32 Å². The summed E-state index contributed by atoms with van der Waals surface area (Å²) in [6.45, 7) is 6.38. The van der Waals surface area contributed by atoms with Crippen molar-refractivity contribution in [1.29, 1.82) is 0 Å². The Kier molecular flexibility index (Phi) is 3.97. The molecule has 1 aromatic carbocycles. The van der Waals surface area contributed by atoms with E-state index in [0.717, 1.165) is 19.1 Å². The molecule has 0 saturated carbocycles. The molecule has 3 heteroatoms. The molecule has 0 atom stereocenters. The Hall–Kier alpha value is -0.380. The summed E-state index contributed by atoms with van der Waals surface area (Å²) in [5.74, 6) is 0.850. The van der Waals surface area contributed by atoms with Crippen LogP contribution in [0.1, 0.15) is 30.4 Å². The Morgan fingerprint density at radius 3 is 2.68 bits per heavy atom. The van der Waals surface area contributed by atoms with Crippen LogP contribution in [0.2, 0.25) is 0 Å². The molecule has 0 amide bonds. The second kappa shape index (κ2) is 5.55. The average molecular weight is 324 g/mol. The van der Waals surface area contributed by atoms with Crippen molar-refractivity contribution >= 4 is 15.9 Å². The lowest BCUT2D eigenvalue weighted by molar-refractivity contribution is -0.0734. The Bertz CT molecular complexity index is 450. The van der Waals surface area contributed by atoms with Gasteiger partial charge in [0, 0.05) is 9.89 Å². The molecule has 0 spiro atoms. The number of nitrogens with one attached hydrogen (secondary N) is 1. The molecule has 2 nitrogen and oxygen atoms in total. The van der Waals surface area contributed by atoms with Crippen LogP contribution >= 0.6 is 15.9 Å². The first-order valence-electron chi connectivity index (χ1n) is 7.25. The second-order valence-electron chi connectivity index (χ2n) is 6.13. The maximum absolute atomic E-state index is 5.60. The number of halogens is 1. The molecule has 0 radical (unpaired) electrons. The van der Waals surface area contributed by atoms with E-state index in [2.05, 4.69) is 46.4 Å². The third-order valence-electron chi connectivity index (χ3n) is 4.67. The number of rotatable bonds is 3. The molecule has 2 aliphatic heterocycles. The van der Waals surface area contributed by atoms with Crippen LogP contribution in [0.3, 0.4) is 0 Å². The molecule has 1 aromatic rings. The molecule has 1 N–H and O–H groups in total. The van der Waals surface area contributed by atoms with Crippen molar-refractivity contribution in [2.75, 3.05) is 26.3 Å². The highest BCUT2D eigenvalue weighted by Gasteiger charge is 2.43. The highest BCUT2D eigenvalue weighted by molar-refractivity contribution is 9.10. The molecule has 2 saturated heterocycles. The molecule has 0 bridgehead atoms. The zero-order chi connectivity index (χ0) is 13.3. The van der Waals surface area contributed by atoms with Crippen LogP contribution in [0.5, 0.6) is 0 Å². The molecule has 2 aliphatic rings. The van der Waals surface area contributed by atoms with Gasteiger partial charge in [-0.05, 0) is 68.5 Å². The maximum Gasteiger partial charge on any atom is 0.0585 e. The number of hydrogen-bond donors (Lipinski definition) is 1. The van der Waals surface area contributed by atoms with Gasteiger partial charge in [0.2, 0.25) is 0 Å². The van der Waals surface area contributed by atoms with E-state index in [1.807, 2.05) is 0 Å². The molecule has 104 valence electrons. The van der Waals surface area contributed by atoms with Crippen LogP contribution in [0.25, 0.3) is 0 Å². The van der Waals surface area contributed by atoms with E-state index in [4.69, 9.17) is 4.74 Å². The lowest BCUT2D eigenvalue weighted by Crippen LogP contribution is -2.49. The van der Waals surface area contributed by atoms with E-state index in [0.29, 0.717) is 0 Å². The number of piperidine rings is 1. The van der Waals surface area contributed by atoms with E-state index in [1.54, 1.807) is 0 Å². The highest BCUT2D eigenvalue weighted by Crippen LogP contribution is 2.42. The van der Waals surface area contributed by atoms with Crippen molar-refractivity contribution in [3.8, 4) is 0 Å². The fourth-order valence-corrected chi connectivity index (χ4v) is 3.90. The highest BCUT2D eigenvalue weighted by atomic mass is 79.9. The van der Waals surface area contributed by atoms with E-state index in [-0.39, 0.29) is 5.41 Å². The van der Waals surface area contributed by atoms with Gasteiger partial charge < -0.3 is 10.1 Å². The molecule has 0 unspecified atom stereocenters. The number of ether oxygens (including phenoxy) is 1. The fraction of sp³-hybridized carbons (Fsp3) is 0.625. The molecular formula is C16H22BrNO. The zero-order valence-electron chi connectivity index (χ0n) is 11.5. The van der Waals surface area contributed by atoms with E-state index in [1.165, 1.54) is 48.0 Å². The summed E-state index contributed by atoms with van der Waals surface area (Å²) < 4.78 is 6.78. The van der Waals surface area contributed by atoms with Gasteiger partial charge in [-0.2, -0.15) is 0 Å². The number of hydrogen-bond acceptors (Lipinski definition) is 2. The molecule has 0 aliphatic carbocycles. The van der Waals surface area contributed by atoms with Gasteiger partial charge in [-0.25, -0.2) is 0 Å². The molecular weight excluding hydrogens is 302 g/mol. The summed E-state index contributed by atoms with van der Waals surface area (Å²) in [5, 5.41) is 3.46. The SMILES string of the molecule is Cc1ccc(Br)cc1C1(CC2CCNCC2)COC1. The van der Waals surface area contributed by atoms with Gasteiger partial charge in [0.25, 0.3) is 0 Å². The zero-order valence-corrected chi connectivity index (χ0v) is 13.1. The van der Waals surface area contributed by atoms with Gasteiger partial charge in [0.15, 0.2) is 0 Å². The fourth-order valence-electron chi connectivity index (χ4n) is 3.54. The minimum absolute atomic E-state index is 0.274. The van der Waals surface area contributed by atoms with Crippen molar-refractivity contribution in [2.24, 2.45) is 5.92 Å². The summed E-state index contributed by atoms with van der Waals surface area (Å²) in [6.07, 6.45) is 3.91. The Balaban J connectivity index is 1.83. The van der Waals surface area contributed by atoms with E-state index in [9.17, 15) is 0 Å². The quantitative estimate of drug-likeness (QED) is 0.920. The predicted molar refractivity (Wildman–Crippen MR) is 81.6 cm³/mol. The van der Waals surface area contributed by atoms with Crippen molar-refractivity contribution in [1.82, 2.24) is 5.32 Å². The van der Waals surface area contributed by atoms with Crippen LogP contribution in [0.4, 0.5) is 0 Å². The van der Waals surface area contributed by atoms with Crippen LogP contribution in [0, 0.1) is 12.8 Å².